The monoisotopic (exact) mass is 315 g/mol. The Morgan fingerprint density at radius 2 is 2.09 bits per heavy atom. The molecule has 0 saturated carbocycles. The Labute approximate surface area is 123 Å². The maximum Gasteiger partial charge on any atom is 0.573 e. The zero-order valence-electron chi connectivity index (χ0n) is 11.9. The first-order chi connectivity index (χ1) is 10.7. The van der Waals surface area contributed by atoms with Gasteiger partial charge in [0.2, 0.25) is 0 Å². The number of benzene rings is 1. The van der Waals surface area contributed by atoms with E-state index in [0.717, 1.165) is 18.2 Å². The van der Waals surface area contributed by atoms with Crippen LogP contribution in [0.2, 0.25) is 0 Å². The molecule has 1 amide bonds. The number of nitrogens with two attached hydrogens (primary N) is 1. The first-order valence-corrected chi connectivity index (χ1v) is 5.91. The molecule has 1 heterocycles. The summed E-state index contributed by atoms with van der Waals surface area (Å²) in [6.07, 6.45) is -5.23. The summed E-state index contributed by atoms with van der Waals surface area (Å²) in [6, 6.07) is 4.95. The van der Waals surface area contributed by atoms with Crippen LogP contribution in [0.4, 0.5) is 17.6 Å². The number of carbonyl (C=O) groups excluding carboxylic acids is 1. The van der Waals surface area contributed by atoms with Crippen LogP contribution < -0.4 is 10.5 Å². The molecule has 22 heavy (non-hydrogen) atoms. The number of pyridine rings is 1. The third-order valence-electron chi connectivity index (χ3n) is 2.60. The largest absolute Gasteiger partial charge is 0.573 e. The number of aromatic nitrogens is 1. The highest BCUT2D eigenvalue weighted by molar-refractivity contribution is 5.93. The second-order valence-electron chi connectivity index (χ2n) is 4.18. The lowest BCUT2D eigenvalue weighted by atomic mass is 10.0. The number of primary amides is 1. The van der Waals surface area contributed by atoms with E-state index in [2.05, 4.69) is 9.72 Å². The number of amides is 1. The van der Waals surface area contributed by atoms with E-state index < -0.39 is 35.8 Å². The highest BCUT2D eigenvalue weighted by Gasteiger charge is 2.31. The lowest BCUT2D eigenvalue weighted by molar-refractivity contribution is -0.274. The molecule has 1 atom stereocenters. The zero-order chi connectivity index (χ0) is 17.2. The van der Waals surface area contributed by atoms with E-state index >= 15 is 0 Å². The van der Waals surface area contributed by atoms with Gasteiger partial charge < -0.3 is 10.5 Å². The Balaban J connectivity index is 2.45. The maximum absolute atomic E-state index is 13.9. The van der Waals surface area contributed by atoms with Crippen molar-refractivity contribution in [3.05, 3.63) is 59.2 Å². The minimum Gasteiger partial charge on any atom is -0.406 e. The van der Waals surface area contributed by atoms with Crippen molar-refractivity contribution in [1.29, 1.82) is 0 Å². The van der Waals surface area contributed by atoms with Crippen LogP contribution in [0.15, 0.2) is 36.5 Å². The number of halogens is 4. The second-order valence-corrected chi connectivity index (χ2v) is 4.18. The van der Waals surface area contributed by atoms with Crippen molar-refractivity contribution < 1.29 is 28.5 Å². The fourth-order valence-corrected chi connectivity index (χ4v) is 1.72. The molecule has 8 heteroatoms. The number of carbonyl (C=O) groups is 1. The molecule has 0 aliphatic heterocycles. The molecule has 0 radical (unpaired) electrons. The van der Waals surface area contributed by atoms with Crippen molar-refractivity contribution in [1.82, 2.24) is 4.98 Å². The number of ether oxygens (including phenoxy) is 1. The fourth-order valence-electron chi connectivity index (χ4n) is 1.72. The van der Waals surface area contributed by atoms with Gasteiger partial charge in [-0.05, 0) is 35.9 Å². The van der Waals surface area contributed by atoms with E-state index in [9.17, 15) is 22.4 Å². The lowest BCUT2D eigenvalue weighted by Gasteiger charge is -2.11. The first kappa shape index (κ1) is 14.3. The van der Waals surface area contributed by atoms with Crippen molar-refractivity contribution in [2.75, 3.05) is 0 Å². The number of hydrogen-bond acceptors (Lipinski definition) is 3. The molecule has 116 valence electrons. The molecule has 1 unspecified atom stereocenters. The minimum absolute atomic E-state index is 0.117. The second kappa shape index (κ2) is 6.00. The molecule has 0 aliphatic rings. The molecule has 0 saturated heterocycles. The molecule has 1 aromatic heterocycles. The molecular weight excluding hydrogens is 304 g/mol. The predicted molar refractivity (Wildman–Crippen MR) is 68.6 cm³/mol. The summed E-state index contributed by atoms with van der Waals surface area (Å²) in [4.78, 5) is 15.1. The Hall–Kier alpha value is -2.64. The van der Waals surface area contributed by atoms with Crippen LogP contribution in [-0.2, 0) is 6.40 Å². The summed E-state index contributed by atoms with van der Waals surface area (Å²) in [5, 5.41) is 0. The van der Waals surface area contributed by atoms with Gasteiger partial charge in [-0.15, -0.1) is 13.2 Å². The Morgan fingerprint density at radius 1 is 1.36 bits per heavy atom. The van der Waals surface area contributed by atoms with Gasteiger partial charge in [-0.2, -0.15) is 0 Å². The highest BCUT2D eigenvalue weighted by atomic mass is 19.4. The SMILES string of the molecule is [2H]C(c1cc(OC(F)(F)F)ccc1F)c1ncccc1C(N)=O. The van der Waals surface area contributed by atoms with Crippen LogP contribution in [-0.4, -0.2) is 17.3 Å². The number of hydrogen-bond donors (Lipinski definition) is 1. The van der Waals surface area contributed by atoms with Gasteiger partial charge >= 0.3 is 6.36 Å². The summed E-state index contributed by atoms with van der Waals surface area (Å²) < 4.78 is 62.3. The normalized spacial score (nSPS) is 13.4. The van der Waals surface area contributed by atoms with Crippen molar-refractivity contribution in [2.45, 2.75) is 12.8 Å². The van der Waals surface area contributed by atoms with Gasteiger partial charge in [0.15, 0.2) is 0 Å². The number of rotatable bonds is 4. The average Bonchev–Trinajstić information content (AvgIpc) is 2.47. The van der Waals surface area contributed by atoms with E-state index in [1.165, 1.54) is 18.3 Å². The number of alkyl halides is 3. The van der Waals surface area contributed by atoms with E-state index in [4.69, 9.17) is 7.10 Å². The molecule has 0 fully saturated rings. The topological polar surface area (TPSA) is 65.2 Å². The van der Waals surface area contributed by atoms with E-state index in [0.29, 0.717) is 0 Å². The van der Waals surface area contributed by atoms with Crippen LogP contribution >= 0.6 is 0 Å². The van der Waals surface area contributed by atoms with Gasteiger partial charge in [-0.1, -0.05) is 0 Å². The minimum atomic E-state index is -4.95. The van der Waals surface area contributed by atoms with Crippen LogP contribution in [0.5, 0.6) is 5.75 Å². The summed E-state index contributed by atoms with van der Waals surface area (Å²) >= 11 is 0. The van der Waals surface area contributed by atoms with Crippen molar-refractivity contribution in [3.63, 3.8) is 0 Å². The summed E-state index contributed by atoms with van der Waals surface area (Å²) in [7, 11) is 0. The molecule has 2 rings (SSSR count). The van der Waals surface area contributed by atoms with Crippen LogP contribution in [0.1, 0.15) is 23.0 Å². The van der Waals surface area contributed by atoms with E-state index in [-0.39, 0.29) is 11.3 Å². The summed E-state index contributed by atoms with van der Waals surface area (Å²) in [6.45, 7) is 0. The summed E-state index contributed by atoms with van der Waals surface area (Å²) in [5.41, 5.74) is 4.45. The van der Waals surface area contributed by atoms with Crippen molar-refractivity contribution in [2.24, 2.45) is 5.73 Å². The van der Waals surface area contributed by atoms with Gasteiger partial charge in [-0.25, -0.2) is 4.39 Å². The molecule has 2 aromatic rings. The average molecular weight is 315 g/mol. The Bertz CT molecular complexity index is 737. The standard InChI is InChI=1S/C14H10F4N2O2/c15-11-4-3-9(22-14(16,17)18)6-8(11)7-12-10(13(19)21)2-1-5-20-12/h1-6H,7H2,(H2,19,21)/i7D. The lowest BCUT2D eigenvalue weighted by Crippen LogP contribution is -2.17. The van der Waals surface area contributed by atoms with E-state index in [1.807, 2.05) is 0 Å². The van der Waals surface area contributed by atoms with Gasteiger partial charge in [0.1, 0.15) is 11.6 Å². The molecule has 2 N–H and O–H groups in total. The molecular formula is C14H10F4N2O2. The third kappa shape index (κ3) is 3.94. The highest BCUT2D eigenvalue weighted by Crippen LogP contribution is 2.26. The van der Waals surface area contributed by atoms with Gasteiger partial charge in [0.25, 0.3) is 5.91 Å². The predicted octanol–water partition coefficient (Wildman–Crippen LogP) is 2.81. The van der Waals surface area contributed by atoms with Crippen LogP contribution in [0, 0.1) is 5.82 Å². The van der Waals surface area contributed by atoms with Crippen molar-refractivity contribution >= 4 is 5.91 Å². The van der Waals surface area contributed by atoms with Gasteiger partial charge in [0.05, 0.1) is 11.3 Å². The fraction of sp³-hybridized carbons (Fsp3) is 0.143. The van der Waals surface area contributed by atoms with Gasteiger partial charge in [-0.3, -0.25) is 9.78 Å². The smallest absolute Gasteiger partial charge is 0.406 e. The van der Waals surface area contributed by atoms with Crippen LogP contribution in [0.3, 0.4) is 0 Å². The van der Waals surface area contributed by atoms with Crippen molar-refractivity contribution in [3.8, 4) is 5.75 Å². The maximum atomic E-state index is 13.9. The van der Waals surface area contributed by atoms with Crippen LogP contribution in [0.25, 0.3) is 0 Å². The first-order valence-electron chi connectivity index (χ1n) is 6.49. The molecule has 0 bridgehead atoms. The Kier molecular flexibility index (Phi) is 3.90. The third-order valence-corrected chi connectivity index (χ3v) is 2.60. The zero-order valence-corrected chi connectivity index (χ0v) is 10.9. The molecule has 0 spiro atoms. The quantitative estimate of drug-likeness (QED) is 0.882. The Morgan fingerprint density at radius 3 is 2.73 bits per heavy atom. The van der Waals surface area contributed by atoms with Gasteiger partial charge in [0, 0.05) is 14.0 Å². The molecule has 4 nitrogen and oxygen atoms in total. The summed E-state index contributed by atoms with van der Waals surface area (Å²) in [5.74, 6) is -2.49. The molecule has 0 aliphatic carbocycles. The number of nitrogens with zero attached hydrogens (tertiary/aromatic N) is 1. The van der Waals surface area contributed by atoms with E-state index in [1.54, 1.807) is 0 Å². The molecule has 1 aromatic carbocycles.